The van der Waals surface area contributed by atoms with Crippen LogP contribution in [-0.2, 0) is 23.9 Å². The molecule has 16 aliphatic rings. The van der Waals surface area contributed by atoms with Gasteiger partial charge in [0.25, 0.3) is 0 Å². The quantitative estimate of drug-likeness (QED) is 0.176. The zero-order valence-electron chi connectivity index (χ0n) is 68.5. The zero-order chi connectivity index (χ0) is 73.7. The molecule has 33 atom stereocenters. The second kappa shape index (κ2) is 28.0. The van der Waals surface area contributed by atoms with Gasteiger partial charge in [-0.25, -0.2) is 0 Å². The number of aliphatic hydroxyl groups is 4. The lowest BCUT2D eigenvalue weighted by atomic mass is 9.42. The van der Waals surface area contributed by atoms with Crippen LogP contribution in [0.5, 0.6) is 0 Å². The first kappa shape index (κ1) is 78.6. The van der Waals surface area contributed by atoms with Crippen molar-refractivity contribution in [2.75, 3.05) is 7.11 Å². The third-order valence-electron chi connectivity index (χ3n) is 39.5. The van der Waals surface area contributed by atoms with E-state index in [0.29, 0.717) is 74.9 Å². The van der Waals surface area contributed by atoms with Crippen molar-refractivity contribution in [3.63, 3.8) is 0 Å². The normalized spacial score (nSPS) is 54.6. The van der Waals surface area contributed by atoms with Crippen LogP contribution < -0.4 is 0 Å². The fourth-order valence-corrected chi connectivity index (χ4v) is 34.7. The Balaban J connectivity index is 0.000000121. The number of carbonyl (C=O) groups is 4. The van der Waals surface area contributed by atoms with E-state index < -0.39 is 22.4 Å². The minimum Gasteiger partial charge on any atom is -0.390 e. The van der Waals surface area contributed by atoms with E-state index in [-0.39, 0.29) is 39.1 Å². The van der Waals surface area contributed by atoms with Gasteiger partial charge in [0, 0.05) is 36.2 Å². The highest BCUT2D eigenvalue weighted by Gasteiger charge is 2.68. The molecule has 0 heterocycles. The molecule has 16 saturated carbocycles. The maximum atomic E-state index is 12.3. The molecule has 0 radical (unpaired) electrons. The Morgan fingerprint density at radius 3 is 0.824 bits per heavy atom. The van der Waals surface area contributed by atoms with Gasteiger partial charge in [0.15, 0.2) is 0 Å². The van der Waals surface area contributed by atoms with Gasteiger partial charge in [-0.05, 0) is 445 Å². The van der Waals surface area contributed by atoms with Gasteiger partial charge in [-0.1, -0.05) is 48.5 Å². The SMILES string of the molecule is CC[C@]12CC[C@@](C)(O)C[C@@H]1CC[C@H]1[C@@H]3CC[C@H](C(C)=O)[C@@]3(C)CC[C@@H]12.CC[C@]12CC[C@@](C)(O)C[C@@H]1CC[C@H]1[C@@H]3CC[C@H](C(C)=O)[C@@]3(C)CC[C@@H]12.CC[C@]12CC[C@@](C)(O)C[C@@H]1CC[C@H]1[C@@H]3CC[C@H](C(C)=O)[C@@]3(C)CC[C@@H]12.COC(C)[C@]12CC[C@@](C)(O)C[C@@H]1CC[C@H]1[C@@H]3CC[C@H](C(C)=O)[C@@]3(C)CC[C@@H]12. The molecule has 580 valence electrons. The summed E-state index contributed by atoms with van der Waals surface area (Å²) in [6.45, 7) is 34.8. The minimum absolute atomic E-state index is 0.218. The molecule has 0 aliphatic heterocycles. The van der Waals surface area contributed by atoms with Gasteiger partial charge >= 0.3 is 0 Å². The van der Waals surface area contributed by atoms with E-state index in [9.17, 15) is 39.6 Å². The molecule has 0 bridgehead atoms. The molecule has 4 N–H and O–H groups in total. The summed E-state index contributed by atoms with van der Waals surface area (Å²) in [4.78, 5) is 49.1. The second-order valence-electron chi connectivity index (χ2n) is 43.3. The van der Waals surface area contributed by atoms with Crippen LogP contribution in [0.1, 0.15) is 361 Å². The van der Waals surface area contributed by atoms with Gasteiger partial charge in [-0.2, -0.15) is 0 Å². The molecule has 1 unspecified atom stereocenters. The van der Waals surface area contributed by atoms with Crippen molar-refractivity contribution in [1.29, 1.82) is 0 Å². The summed E-state index contributed by atoms with van der Waals surface area (Å²) in [7, 11) is 1.88. The van der Waals surface area contributed by atoms with E-state index in [1.165, 1.54) is 167 Å². The van der Waals surface area contributed by atoms with Crippen molar-refractivity contribution >= 4 is 23.1 Å². The van der Waals surface area contributed by atoms with Crippen LogP contribution in [0.15, 0.2) is 0 Å². The average Bonchev–Trinajstić information content (AvgIpc) is 1.31. The Morgan fingerprint density at radius 2 is 0.559 bits per heavy atom. The van der Waals surface area contributed by atoms with E-state index in [1.54, 1.807) is 0 Å². The summed E-state index contributed by atoms with van der Waals surface area (Å²) >= 11 is 0. The van der Waals surface area contributed by atoms with Crippen LogP contribution in [0.4, 0.5) is 0 Å². The summed E-state index contributed by atoms with van der Waals surface area (Å²) in [6, 6.07) is 0. The standard InChI is InChI=1S/C24H40O3.3C23H38O2/c1-15(25)19-8-9-20-18-7-6-17-14-22(3,26)12-13-24(17,16(2)27-5)21(18)10-11-23(19,20)4;3*1-5-23-13-12-21(3,25)14-16(23)6-7-17-19-9-8-18(15(2)24)22(19,4)11-10-20(17)23/h16-21,26H,6-14H2,1-5H3;3*16-20,25H,5-14H2,1-4H3/t16?,17-,18-,19+,20-,21-,22+,23+,24+;3*16-,17-,18+,19-,20-,21+,22+,23-/m0000/s1. The molecule has 102 heavy (non-hydrogen) atoms. The minimum atomic E-state index is -0.509. The Labute approximate surface area is 622 Å². The maximum Gasteiger partial charge on any atom is 0.133 e. The number of ketones is 4. The van der Waals surface area contributed by atoms with Crippen LogP contribution in [0.3, 0.4) is 0 Å². The van der Waals surface area contributed by atoms with Gasteiger partial charge in [0.05, 0.1) is 28.5 Å². The van der Waals surface area contributed by atoms with Gasteiger partial charge in [-0.15, -0.1) is 0 Å². The van der Waals surface area contributed by atoms with E-state index in [2.05, 4.69) is 76.2 Å². The summed E-state index contributed by atoms with van der Waals surface area (Å²) in [6.07, 6.45) is 47.0. The number of methoxy groups -OCH3 is 1. The van der Waals surface area contributed by atoms with Crippen LogP contribution >= 0.6 is 0 Å². The smallest absolute Gasteiger partial charge is 0.133 e. The third-order valence-corrected chi connectivity index (χ3v) is 39.5. The molecule has 0 amide bonds. The number of ether oxygens (including phenoxy) is 1. The van der Waals surface area contributed by atoms with Crippen molar-refractivity contribution in [1.82, 2.24) is 0 Å². The van der Waals surface area contributed by atoms with Crippen molar-refractivity contribution in [3.05, 3.63) is 0 Å². The molecule has 0 aromatic heterocycles. The van der Waals surface area contributed by atoms with Crippen molar-refractivity contribution in [2.24, 2.45) is 162 Å². The fourth-order valence-electron chi connectivity index (χ4n) is 34.7. The van der Waals surface area contributed by atoms with Gasteiger partial charge in [0.1, 0.15) is 23.1 Å². The third kappa shape index (κ3) is 12.7. The summed E-state index contributed by atoms with van der Waals surface area (Å²) in [5.41, 5.74) is 0.851. The number of rotatable bonds is 9. The summed E-state index contributed by atoms with van der Waals surface area (Å²) < 4.78 is 6.03. The van der Waals surface area contributed by atoms with Crippen LogP contribution in [0, 0.1) is 162 Å². The fraction of sp³-hybridized carbons (Fsp3) is 0.957. The Kier molecular flexibility index (Phi) is 21.6. The molecular weight excluding hydrogens is 1260 g/mol. The number of hydrogen-bond donors (Lipinski definition) is 4. The Hall–Kier alpha value is -1.52. The highest BCUT2D eigenvalue weighted by molar-refractivity contribution is 5.81. The number of Topliss-reactive ketones (excluding diaryl/α,β-unsaturated/α-hetero) is 4. The van der Waals surface area contributed by atoms with Crippen LogP contribution in [0.25, 0.3) is 0 Å². The first-order chi connectivity index (χ1) is 47.9. The Morgan fingerprint density at radius 1 is 0.314 bits per heavy atom. The molecule has 16 rings (SSSR count). The van der Waals surface area contributed by atoms with Gasteiger partial charge in [0.2, 0.25) is 0 Å². The number of fused-ring (bicyclic) bond motifs is 20. The lowest BCUT2D eigenvalue weighted by Gasteiger charge is -2.64. The Bertz CT molecular complexity index is 2820. The molecular formula is C93H154O9. The monoisotopic (exact) mass is 1420 g/mol. The zero-order valence-corrected chi connectivity index (χ0v) is 68.5. The molecule has 0 aromatic carbocycles. The van der Waals surface area contributed by atoms with Gasteiger partial charge in [-0.3, -0.25) is 19.2 Å². The average molecular weight is 1420 g/mol. The summed E-state index contributed by atoms with van der Waals surface area (Å²) in [5.74, 6) is 15.2. The van der Waals surface area contributed by atoms with Gasteiger partial charge < -0.3 is 25.2 Å². The predicted molar refractivity (Wildman–Crippen MR) is 411 cm³/mol. The topological polar surface area (TPSA) is 158 Å². The van der Waals surface area contributed by atoms with E-state index in [4.69, 9.17) is 4.74 Å². The number of hydrogen-bond acceptors (Lipinski definition) is 9. The molecule has 16 aliphatic carbocycles. The molecule has 0 aromatic rings. The van der Waals surface area contributed by atoms with E-state index in [1.807, 2.05) is 41.7 Å². The van der Waals surface area contributed by atoms with E-state index >= 15 is 0 Å². The highest BCUT2D eigenvalue weighted by Crippen LogP contribution is 2.75. The molecule has 0 saturated heterocycles. The van der Waals surface area contributed by atoms with Crippen molar-refractivity contribution < 1.29 is 44.3 Å². The molecule has 9 nitrogen and oxygen atoms in total. The molecule has 0 spiro atoms. The highest BCUT2D eigenvalue weighted by atomic mass is 16.5. The molecule has 16 fully saturated rings. The largest absolute Gasteiger partial charge is 0.390 e. The van der Waals surface area contributed by atoms with Crippen LogP contribution in [-0.4, -0.2) is 79.2 Å². The second-order valence-corrected chi connectivity index (χ2v) is 43.3. The van der Waals surface area contributed by atoms with Crippen LogP contribution in [0.2, 0.25) is 0 Å². The van der Waals surface area contributed by atoms with E-state index in [0.717, 1.165) is 160 Å². The summed E-state index contributed by atoms with van der Waals surface area (Å²) in [5, 5.41) is 42.8. The maximum absolute atomic E-state index is 12.3. The lowest BCUT2D eigenvalue weighted by molar-refractivity contribution is -0.198. The lowest BCUT2D eigenvalue weighted by Crippen LogP contribution is -2.60. The predicted octanol–water partition coefficient (Wildman–Crippen LogP) is 21.1. The number of carbonyl (C=O) groups excluding carboxylic acids is 4. The molecule has 9 heteroatoms. The first-order valence-corrected chi connectivity index (χ1v) is 44.3. The van der Waals surface area contributed by atoms with Crippen molar-refractivity contribution in [3.8, 4) is 0 Å². The van der Waals surface area contributed by atoms with Crippen molar-refractivity contribution in [2.45, 2.75) is 390 Å². The first-order valence-electron chi connectivity index (χ1n) is 44.3.